The van der Waals surface area contributed by atoms with Crippen LogP contribution in [-0.4, -0.2) is 37.1 Å². The third-order valence-corrected chi connectivity index (χ3v) is 5.87. The number of hydrogen-bond donors (Lipinski definition) is 0. The second-order valence-electron chi connectivity index (χ2n) is 7.09. The van der Waals surface area contributed by atoms with E-state index < -0.39 is 27.6 Å². The normalized spacial score (nSPS) is 22.7. The van der Waals surface area contributed by atoms with Gasteiger partial charge in [-0.25, -0.2) is 13.2 Å². The van der Waals surface area contributed by atoms with E-state index in [2.05, 4.69) is 0 Å². The molecular formula is C18H21NO4S. The molecule has 1 amide bonds. The minimum absolute atomic E-state index is 0.240. The van der Waals surface area contributed by atoms with Gasteiger partial charge in [-0.3, -0.25) is 4.90 Å². The van der Waals surface area contributed by atoms with Gasteiger partial charge in [0.1, 0.15) is 5.60 Å². The molecule has 0 aromatic heterocycles. The Hall–Kier alpha value is -2.08. The minimum Gasteiger partial charge on any atom is -0.444 e. The molecule has 0 spiro atoms. The number of sulfone groups is 1. The molecule has 0 saturated carbocycles. The number of carbonyl (C=O) groups is 1. The van der Waals surface area contributed by atoms with E-state index >= 15 is 0 Å². The summed E-state index contributed by atoms with van der Waals surface area (Å²) in [5.41, 5.74) is 0.362. The Morgan fingerprint density at radius 1 is 1.12 bits per heavy atom. The van der Waals surface area contributed by atoms with Crippen LogP contribution < -0.4 is 0 Å². The molecule has 0 radical (unpaired) electrons. The summed E-state index contributed by atoms with van der Waals surface area (Å²) in [6.45, 7) is 7.26. The molecule has 2 aliphatic heterocycles. The van der Waals surface area contributed by atoms with Crippen molar-refractivity contribution in [2.75, 3.05) is 0 Å². The fraction of sp³-hybridized carbons (Fsp3) is 0.389. The van der Waals surface area contributed by atoms with Crippen LogP contribution in [0.4, 0.5) is 4.79 Å². The van der Waals surface area contributed by atoms with Crippen molar-refractivity contribution in [3.63, 3.8) is 0 Å². The first kappa shape index (κ1) is 16.8. The molecular weight excluding hydrogens is 326 g/mol. The zero-order chi connectivity index (χ0) is 17.7. The highest BCUT2D eigenvalue weighted by Crippen LogP contribution is 2.38. The van der Waals surface area contributed by atoms with Crippen LogP contribution >= 0.6 is 0 Å². The lowest BCUT2D eigenvalue weighted by Crippen LogP contribution is -2.41. The minimum atomic E-state index is -3.64. The molecule has 2 heterocycles. The van der Waals surface area contributed by atoms with Crippen LogP contribution in [0.15, 0.2) is 52.3 Å². The Morgan fingerprint density at radius 2 is 1.75 bits per heavy atom. The first-order valence-corrected chi connectivity index (χ1v) is 9.31. The topological polar surface area (TPSA) is 63.7 Å². The van der Waals surface area contributed by atoms with Gasteiger partial charge in [0.05, 0.1) is 21.9 Å². The van der Waals surface area contributed by atoms with Gasteiger partial charge in [-0.05, 0) is 45.9 Å². The third-order valence-electron chi connectivity index (χ3n) is 3.98. The highest BCUT2D eigenvalue weighted by molar-refractivity contribution is 7.95. The van der Waals surface area contributed by atoms with E-state index in [1.807, 2.05) is 13.0 Å². The number of aryl methyl sites for hydroxylation is 1. The van der Waals surface area contributed by atoms with Gasteiger partial charge in [-0.15, -0.1) is 0 Å². The number of fused-ring (bicyclic) bond motifs is 2. The first-order valence-electron chi connectivity index (χ1n) is 7.83. The van der Waals surface area contributed by atoms with Gasteiger partial charge in [-0.2, -0.15) is 0 Å². The molecule has 0 N–H and O–H groups in total. The van der Waals surface area contributed by atoms with Crippen molar-refractivity contribution in [3.05, 3.63) is 53.0 Å². The number of hydrogen-bond acceptors (Lipinski definition) is 4. The van der Waals surface area contributed by atoms with Crippen molar-refractivity contribution in [2.45, 2.75) is 50.3 Å². The number of nitrogens with zero attached hydrogens (tertiary/aromatic N) is 1. The molecule has 24 heavy (non-hydrogen) atoms. The lowest BCUT2D eigenvalue weighted by molar-refractivity contribution is 0.0245. The van der Waals surface area contributed by atoms with Gasteiger partial charge in [-0.1, -0.05) is 29.8 Å². The number of benzene rings is 1. The van der Waals surface area contributed by atoms with Crippen molar-refractivity contribution in [1.29, 1.82) is 0 Å². The van der Waals surface area contributed by atoms with Crippen LogP contribution in [0.1, 0.15) is 26.3 Å². The van der Waals surface area contributed by atoms with Crippen molar-refractivity contribution in [1.82, 2.24) is 4.90 Å². The molecule has 6 heteroatoms. The van der Waals surface area contributed by atoms with E-state index in [-0.39, 0.29) is 15.8 Å². The second kappa shape index (κ2) is 5.48. The summed E-state index contributed by atoms with van der Waals surface area (Å²) in [6.07, 6.45) is 4.69. The van der Waals surface area contributed by atoms with Crippen LogP contribution in [0.5, 0.6) is 0 Å². The molecule has 2 aliphatic rings. The lowest BCUT2D eigenvalue weighted by Gasteiger charge is -2.28. The molecule has 128 valence electrons. The molecule has 5 nitrogen and oxygen atoms in total. The van der Waals surface area contributed by atoms with Crippen molar-refractivity contribution in [3.8, 4) is 0 Å². The quantitative estimate of drug-likeness (QED) is 0.771. The van der Waals surface area contributed by atoms with Crippen molar-refractivity contribution >= 4 is 15.9 Å². The molecule has 0 fully saturated rings. The van der Waals surface area contributed by atoms with Crippen LogP contribution in [0.2, 0.25) is 0 Å². The van der Waals surface area contributed by atoms with Crippen LogP contribution in [0, 0.1) is 6.92 Å². The maximum absolute atomic E-state index is 12.9. The average Bonchev–Trinajstić information content (AvgIpc) is 3.04. The summed E-state index contributed by atoms with van der Waals surface area (Å²) in [6, 6.07) is 5.75. The van der Waals surface area contributed by atoms with E-state index in [1.54, 1.807) is 57.2 Å². The number of amides is 1. The van der Waals surface area contributed by atoms with E-state index in [1.165, 1.54) is 4.90 Å². The third kappa shape index (κ3) is 2.86. The summed E-state index contributed by atoms with van der Waals surface area (Å²) in [5.74, 6) is 0. The molecule has 0 saturated heterocycles. The SMILES string of the molecule is Cc1ccc(S(=O)(=O)C2=C[C@@H]3C=C[C@H]2N3C(=O)OC(C)(C)C)cc1. The number of carbonyl (C=O) groups excluding carboxylic acids is 1. The molecule has 0 aliphatic carbocycles. The Morgan fingerprint density at radius 3 is 2.33 bits per heavy atom. The van der Waals surface area contributed by atoms with E-state index in [4.69, 9.17) is 4.74 Å². The van der Waals surface area contributed by atoms with Crippen LogP contribution in [0.25, 0.3) is 0 Å². The Balaban J connectivity index is 1.88. The fourth-order valence-electron chi connectivity index (χ4n) is 2.88. The zero-order valence-corrected chi connectivity index (χ0v) is 15.0. The van der Waals surface area contributed by atoms with Crippen LogP contribution in [-0.2, 0) is 14.6 Å². The summed E-state index contributed by atoms with van der Waals surface area (Å²) in [7, 11) is -3.64. The van der Waals surface area contributed by atoms with Gasteiger partial charge >= 0.3 is 6.09 Å². The second-order valence-corrected chi connectivity index (χ2v) is 9.04. The van der Waals surface area contributed by atoms with Gasteiger partial charge in [0.25, 0.3) is 0 Å². The highest BCUT2D eigenvalue weighted by atomic mass is 32.2. The summed E-state index contributed by atoms with van der Waals surface area (Å²) in [5, 5.41) is 0. The maximum Gasteiger partial charge on any atom is 0.411 e. The van der Waals surface area contributed by atoms with Gasteiger partial charge in [0, 0.05) is 0 Å². The highest BCUT2D eigenvalue weighted by Gasteiger charge is 2.46. The average molecular weight is 347 g/mol. The summed E-state index contributed by atoms with van der Waals surface area (Å²) in [4.78, 5) is 14.4. The van der Waals surface area contributed by atoms with E-state index in [0.717, 1.165) is 5.56 Å². The molecule has 0 unspecified atom stereocenters. The van der Waals surface area contributed by atoms with Gasteiger partial charge < -0.3 is 4.74 Å². The van der Waals surface area contributed by atoms with Crippen LogP contribution in [0.3, 0.4) is 0 Å². The standard InChI is InChI=1S/C18H21NO4S/c1-12-5-8-14(9-6-12)24(21,22)16-11-13-7-10-15(16)19(13)17(20)23-18(2,3)4/h5-11,13,15H,1-4H3/t13-,15+/m0/s1. The van der Waals surface area contributed by atoms with E-state index in [9.17, 15) is 13.2 Å². The Kier molecular flexibility index (Phi) is 3.83. The van der Waals surface area contributed by atoms with Gasteiger partial charge in [0.2, 0.25) is 9.84 Å². The van der Waals surface area contributed by atoms with E-state index in [0.29, 0.717) is 0 Å². The summed E-state index contributed by atoms with van der Waals surface area (Å²) < 4.78 is 31.2. The lowest BCUT2D eigenvalue weighted by atomic mass is 10.2. The Bertz CT molecular complexity index is 829. The number of ether oxygens (including phenoxy) is 1. The zero-order valence-electron chi connectivity index (χ0n) is 14.2. The molecule has 3 rings (SSSR count). The fourth-order valence-corrected chi connectivity index (χ4v) is 4.47. The first-order chi connectivity index (χ1) is 11.1. The molecule has 2 atom stereocenters. The van der Waals surface area contributed by atoms with Crippen molar-refractivity contribution < 1.29 is 17.9 Å². The monoisotopic (exact) mass is 347 g/mol. The Labute approximate surface area is 142 Å². The maximum atomic E-state index is 12.9. The molecule has 2 bridgehead atoms. The molecule has 1 aromatic rings. The smallest absolute Gasteiger partial charge is 0.411 e. The number of rotatable bonds is 2. The summed E-state index contributed by atoms with van der Waals surface area (Å²) >= 11 is 0. The predicted octanol–water partition coefficient (Wildman–Crippen LogP) is 3.21. The predicted molar refractivity (Wildman–Crippen MR) is 91.2 cm³/mol. The molecule has 1 aromatic carbocycles. The van der Waals surface area contributed by atoms with Crippen molar-refractivity contribution in [2.24, 2.45) is 0 Å². The largest absolute Gasteiger partial charge is 0.444 e. The van der Waals surface area contributed by atoms with Gasteiger partial charge in [0.15, 0.2) is 0 Å².